The number of para-hydroxylation sites is 1. The van der Waals surface area contributed by atoms with Crippen LogP contribution in [0.1, 0.15) is 18.5 Å². The van der Waals surface area contributed by atoms with Crippen molar-refractivity contribution in [2.75, 3.05) is 11.9 Å². The van der Waals surface area contributed by atoms with E-state index in [9.17, 15) is 4.79 Å². The fraction of sp³-hybridized carbons (Fsp3) is 0.188. The lowest BCUT2D eigenvalue weighted by molar-refractivity contribution is -0.118. The van der Waals surface area contributed by atoms with Gasteiger partial charge in [-0.3, -0.25) is 4.79 Å². The summed E-state index contributed by atoms with van der Waals surface area (Å²) in [6.45, 7) is 2.51. The number of hydrogen-bond acceptors (Lipinski definition) is 3. The Morgan fingerprint density at radius 2 is 1.90 bits per heavy atom. The van der Waals surface area contributed by atoms with Crippen molar-refractivity contribution in [3.63, 3.8) is 0 Å². The van der Waals surface area contributed by atoms with E-state index in [4.69, 9.17) is 22.1 Å². The van der Waals surface area contributed by atoms with Crippen LogP contribution in [0.4, 0.5) is 5.69 Å². The van der Waals surface area contributed by atoms with Gasteiger partial charge in [0, 0.05) is 0 Å². The molecule has 0 aliphatic rings. The molecule has 0 spiro atoms. The number of carbonyl (C=O) groups is 1. The molecule has 2 rings (SSSR count). The van der Waals surface area contributed by atoms with Gasteiger partial charge in [0.05, 0.1) is 17.3 Å². The van der Waals surface area contributed by atoms with Crippen molar-refractivity contribution in [2.45, 2.75) is 13.0 Å². The molecule has 0 aliphatic carbocycles. The third-order valence-electron chi connectivity index (χ3n) is 2.98. The zero-order valence-electron chi connectivity index (χ0n) is 11.7. The Labute approximate surface area is 128 Å². The van der Waals surface area contributed by atoms with Gasteiger partial charge in [-0.25, -0.2) is 0 Å². The molecule has 2 aromatic carbocycles. The molecule has 0 saturated heterocycles. The molecule has 0 heterocycles. The van der Waals surface area contributed by atoms with Crippen LogP contribution in [0.25, 0.3) is 0 Å². The first-order valence-corrected chi connectivity index (χ1v) is 7.02. The Morgan fingerprint density at radius 3 is 2.48 bits per heavy atom. The molecule has 5 heteroatoms. The molecule has 1 atom stereocenters. The third kappa shape index (κ3) is 3.89. The zero-order valence-corrected chi connectivity index (χ0v) is 12.4. The van der Waals surface area contributed by atoms with Crippen molar-refractivity contribution in [3.05, 3.63) is 59.1 Å². The van der Waals surface area contributed by atoms with Gasteiger partial charge < -0.3 is 15.8 Å². The van der Waals surface area contributed by atoms with Gasteiger partial charge in [0.1, 0.15) is 11.8 Å². The lowest BCUT2D eigenvalue weighted by Gasteiger charge is -2.18. The lowest BCUT2D eigenvalue weighted by Crippen LogP contribution is -2.27. The summed E-state index contributed by atoms with van der Waals surface area (Å²) >= 11 is 6.09. The predicted octanol–water partition coefficient (Wildman–Crippen LogP) is 3.38. The highest BCUT2D eigenvalue weighted by atomic mass is 35.5. The summed E-state index contributed by atoms with van der Waals surface area (Å²) in [6.07, 6.45) is 0. The molecule has 0 saturated carbocycles. The van der Waals surface area contributed by atoms with Gasteiger partial charge >= 0.3 is 0 Å². The molecule has 0 radical (unpaired) electrons. The van der Waals surface area contributed by atoms with Gasteiger partial charge in [-0.1, -0.05) is 35.9 Å². The van der Waals surface area contributed by atoms with Crippen molar-refractivity contribution < 1.29 is 9.53 Å². The number of benzene rings is 2. The van der Waals surface area contributed by atoms with E-state index in [-0.39, 0.29) is 0 Å². The molecule has 0 fully saturated rings. The fourth-order valence-corrected chi connectivity index (χ4v) is 2.17. The summed E-state index contributed by atoms with van der Waals surface area (Å²) in [4.78, 5) is 11.7. The van der Waals surface area contributed by atoms with Crippen LogP contribution in [0, 0.1) is 0 Å². The first kappa shape index (κ1) is 15.2. The van der Waals surface area contributed by atoms with Gasteiger partial charge in [0.15, 0.2) is 0 Å². The number of ether oxygens (including phenoxy) is 1. The molecule has 4 nitrogen and oxygen atoms in total. The Morgan fingerprint density at radius 1 is 1.24 bits per heavy atom. The van der Waals surface area contributed by atoms with Crippen molar-refractivity contribution in [1.29, 1.82) is 0 Å². The molecule has 110 valence electrons. The number of anilines is 1. The summed E-state index contributed by atoms with van der Waals surface area (Å²) < 4.78 is 5.38. The molecular weight excluding hydrogens is 288 g/mol. The maximum atomic E-state index is 11.7. The summed E-state index contributed by atoms with van der Waals surface area (Å²) in [5.41, 5.74) is 6.91. The topological polar surface area (TPSA) is 64.3 Å². The maximum Gasteiger partial charge on any atom is 0.244 e. The van der Waals surface area contributed by atoms with Gasteiger partial charge in [0.2, 0.25) is 5.91 Å². The summed E-state index contributed by atoms with van der Waals surface area (Å²) in [6, 6.07) is 13.8. The van der Waals surface area contributed by atoms with E-state index >= 15 is 0 Å². The minimum absolute atomic E-state index is 0.473. The summed E-state index contributed by atoms with van der Waals surface area (Å²) in [5.74, 6) is 0.279. The highest BCUT2D eigenvalue weighted by Gasteiger charge is 2.18. The number of primary amides is 1. The Bertz CT molecular complexity index is 614. The predicted molar refractivity (Wildman–Crippen MR) is 84.6 cm³/mol. The van der Waals surface area contributed by atoms with E-state index in [0.29, 0.717) is 17.3 Å². The number of carbonyl (C=O) groups excluding carboxylic acids is 1. The molecule has 2 aromatic rings. The largest absolute Gasteiger partial charge is 0.494 e. The van der Waals surface area contributed by atoms with Gasteiger partial charge in [-0.2, -0.15) is 0 Å². The van der Waals surface area contributed by atoms with Crippen LogP contribution < -0.4 is 15.8 Å². The first-order valence-electron chi connectivity index (χ1n) is 6.65. The number of rotatable bonds is 6. The fourth-order valence-electron chi connectivity index (χ4n) is 1.98. The average Bonchev–Trinajstić information content (AvgIpc) is 2.47. The summed E-state index contributed by atoms with van der Waals surface area (Å²) in [7, 11) is 0. The number of nitrogens with one attached hydrogen (secondary N) is 1. The van der Waals surface area contributed by atoms with Crippen molar-refractivity contribution in [3.8, 4) is 5.75 Å². The molecule has 0 aromatic heterocycles. The van der Waals surface area contributed by atoms with E-state index in [0.717, 1.165) is 11.3 Å². The lowest BCUT2D eigenvalue weighted by atomic mass is 10.1. The molecule has 0 bridgehead atoms. The van der Waals surface area contributed by atoms with Gasteiger partial charge in [-0.15, -0.1) is 0 Å². The second kappa shape index (κ2) is 6.99. The van der Waals surface area contributed by atoms with Crippen LogP contribution in [0.5, 0.6) is 5.75 Å². The second-order valence-electron chi connectivity index (χ2n) is 4.46. The zero-order chi connectivity index (χ0) is 15.2. The standard InChI is InChI=1S/C16H17ClN2O2/c1-2-21-12-9-7-11(8-10-12)15(16(18)20)19-14-6-4-3-5-13(14)17/h3-10,15,19H,2H2,1H3,(H2,18,20). The number of nitrogens with two attached hydrogens (primary N) is 1. The van der Waals surface area contributed by atoms with Gasteiger partial charge in [-0.05, 0) is 36.8 Å². The monoisotopic (exact) mass is 304 g/mol. The smallest absolute Gasteiger partial charge is 0.244 e. The molecule has 0 aliphatic heterocycles. The Kier molecular flexibility index (Phi) is 5.06. The van der Waals surface area contributed by atoms with E-state index in [2.05, 4.69) is 5.32 Å². The summed E-state index contributed by atoms with van der Waals surface area (Å²) in [5, 5.41) is 3.60. The minimum atomic E-state index is -0.652. The van der Waals surface area contributed by atoms with Crippen LogP contribution in [0.15, 0.2) is 48.5 Å². The van der Waals surface area contributed by atoms with Crippen LogP contribution in [-0.4, -0.2) is 12.5 Å². The minimum Gasteiger partial charge on any atom is -0.494 e. The van der Waals surface area contributed by atoms with Crippen LogP contribution >= 0.6 is 11.6 Å². The SMILES string of the molecule is CCOc1ccc(C(Nc2ccccc2Cl)C(N)=O)cc1. The maximum absolute atomic E-state index is 11.7. The van der Waals surface area contributed by atoms with E-state index < -0.39 is 11.9 Å². The Hall–Kier alpha value is -2.20. The van der Waals surface area contributed by atoms with Crippen LogP contribution in [-0.2, 0) is 4.79 Å². The third-order valence-corrected chi connectivity index (χ3v) is 3.31. The van der Waals surface area contributed by atoms with Crippen LogP contribution in [0.3, 0.4) is 0 Å². The average molecular weight is 305 g/mol. The molecular formula is C16H17ClN2O2. The number of hydrogen-bond donors (Lipinski definition) is 2. The van der Waals surface area contributed by atoms with E-state index in [1.807, 2.05) is 43.3 Å². The Balaban J connectivity index is 2.23. The highest BCUT2D eigenvalue weighted by molar-refractivity contribution is 6.33. The number of halogens is 1. The normalized spacial score (nSPS) is 11.7. The molecule has 1 amide bonds. The van der Waals surface area contributed by atoms with E-state index in [1.165, 1.54) is 0 Å². The number of amides is 1. The highest BCUT2D eigenvalue weighted by Crippen LogP contribution is 2.26. The van der Waals surface area contributed by atoms with E-state index in [1.54, 1.807) is 12.1 Å². The van der Waals surface area contributed by atoms with Crippen molar-refractivity contribution in [2.24, 2.45) is 5.73 Å². The molecule has 1 unspecified atom stereocenters. The van der Waals surface area contributed by atoms with Crippen LogP contribution in [0.2, 0.25) is 5.02 Å². The van der Waals surface area contributed by atoms with Crippen molar-refractivity contribution in [1.82, 2.24) is 0 Å². The molecule has 21 heavy (non-hydrogen) atoms. The molecule has 3 N–H and O–H groups in total. The quantitative estimate of drug-likeness (QED) is 0.860. The first-order chi connectivity index (χ1) is 10.1. The van der Waals surface area contributed by atoms with Crippen molar-refractivity contribution >= 4 is 23.2 Å². The second-order valence-corrected chi connectivity index (χ2v) is 4.87. The van der Waals surface area contributed by atoms with Gasteiger partial charge in [0.25, 0.3) is 0 Å².